The molecule has 0 fully saturated rings. The first-order valence-electron chi connectivity index (χ1n) is 6.58. The van der Waals surface area contributed by atoms with E-state index in [1.807, 2.05) is 0 Å². The number of nitrogens with zero attached hydrogens (tertiary/aromatic N) is 3. The number of hydrogen-bond donors (Lipinski definition) is 1. The van der Waals surface area contributed by atoms with Gasteiger partial charge in [-0.05, 0) is 24.3 Å². The molecule has 1 aromatic carbocycles. The Morgan fingerprint density at radius 2 is 2.04 bits per heavy atom. The third-order valence-electron chi connectivity index (χ3n) is 3.16. The number of ether oxygens (including phenoxy) is 1. The molecule has 0 bridgehead atoms. The van der Waals surface area contributed by atoms with Gasteiger partial charge in [-0.15, -0.1) is 0 Å². The topological polar surface area (TPSA) is 85.6 Å². The summed E-state index contributed by atoms with van der Waals surface area (Å²) in [5, 5.41) is 7.01. The molecule has 0 aliphatic carbocycles. The fourth-order valence-corrected chi connectivity index (χ4v) is 2.22. The molecule has 23 heavy (non-hydrogen) atoms. The molecule has 1 N–H and O–H groups in total. The van der Waals surface area contributed by atoms with E-state index in [4.69, 9.17) is 11.6 Å². The SMILES string of the molecule is COC(=O)c1ccc(Cl)c(NC(=O)c2ccnc3ccnn23)c1. The van der Waals surface area contributed by atoms with Gasteiger partial charge < -0.3 is 10.1 Å². The molecule has 0 saturated heterocycles. The van der Waals surface area contributed by atoms with E-state index in [9.17, 15) is 9.59 Å². The number of aromatic nitrogens is 3. The molecule has 2 aromatic heterocycles. The Bertz CT molecular complexity index is 907. The molecule has 0 spiro atoms. The molecule has 1 amide bonds. The van der Waals surface area contributed by atoms with Crippen LogP contribution in [-0.2, 0) is 4.74 Å². The number of methoxy groups -OCH3 is 1. The number of amides is 1. The lowest BCUT2D eigenvalue weighted by atomic mass is 10.2. The van der Waals surface area contributed by atoms with Gasteiger partial charge in [-0.3, -0.25) is 4.79 Å². The lowest BCUT2D eigenvalue weighted by Crippen LogP contribution is -2.17. The summed E-state index contributed by atoms with van der Waals surface area (Å²) in [6, 6.07) is 7.70. The van der Waals surface area contributed by atoms with Gasteiger partial charge in [0, 0.05) is 12.3 Å². The minimum Gasteiger partial charge on any atom is -0.465 e. The molecule has 116 valence electrons. The fourth-order valence-electron chi connectivity index (χ4n) is 2.06. The second kappa shape index (κ2) is 6.05. The lowest BCUT2D eigenvalue weighted by molar-refractivity contribution is 0.0600. The molecule has 3 rings (SSSR count). The number of anilines is 1. The van der Waals surface area contributed by atoms with E-state index in [2.05, 4.69) is 20.1 Å². The van der Waals surface area contributed by atoms with E-state index in [0.717, 1.165) is 0 Å². The van der Waals surface area contributed by atoms with E-state index in [1.165, 1.54) is 42.1 Å². The van der Waals surface area contributed by atoms with Gasteiger partial charge in [0.05, 0.1) is 29.6 Å². The van der Waals surface area contributed by atoms with Gasteiger partial charge in [-0.1, -0.05) is 11.6 Å². The zero-order chi connectivity index (χ0) is 16.4. The van der Waals surface area contributed by atoms with Crippen LogP contribution >= 0.6 is 11.6 Å². The van der Waals surface area contributed by atoms with Crippen LogP contribution < -0.4 is 5.32 Å². The first-order chi connectivity index (χ1) is 11.1. The minimum atomic E-state index is -0.518. The molecular weight excluding hydrogens is 320 g/mol. The molecule has 0 aliphatic rings. The van der Waals surface area contributed by atoms with Crippen LogP contribution in [0, 0.1) is 0 Å². The summed E-state index contributed by atoms with van der Waals surface area (Å²) in [6.45, 7) is 0. The van der Waals surface area contributed by atoms with Gasteiger partial charge in [0.25, 0.3) is 5.91 Å². The maximum Gasteiger partial charge on any atom is 0.337 e. The highest BCUT2D eigenvalue weighted by molar-refractivity contribution is 6.34. The summed E-state index contributed by atoms with van der Waals surface area (Å²) in [4.78, 5) is 28.1. The molecular formula is C15H11ClN4O3. The molecule has 0 radical (unpaired) electrons. The second-order valence-electron chi connectivity index (χ2n) is 4.57. The number of nitrogens with one attached hydrogen (secondary N) is 1. The lowest BCUT2D eigenvalue weighted by Gasteiger charge is -2.09. The fraction of sp³-hybridized carbons (Fsp3) is 0.0667. The van der Waals surface area contributed by atoms with Gasteiger partial charge in [0.1, 0.15) is 5.69 Å². The summed E-state index contributed by atoms with van der Waals surface area (Å²) in [5.74, 6) is -0.944. The van der Waals surface area contributed by atoms with Crippen LogP contribution in [0.5, 0.6) is 0 Å². The zero-order valence-corrected chi connectivity index (χ0v) is 12.7. The molecule has 7 nitrogen and oxygen atoms in total. The quantitative estimate of drug-likeness (QED) is 0.745. The molecule has 0 saturated carbocycles. The molecule has 0 atom stereocenters. The van der Waals surface area contributed by atoms with Crippen LogP contribution in [0.15, 0.2) is 42.7 Å². The maximum atomic E-state index is 12.5. The van der Waals surface area contributed by atoms with Crippen molar-refractivity contribution in [2.45, 2.75) is 0 Å². The van der Waals surface area contributed by atoms with Crippen molar-refractivity contribution in [3.05, 3.63) is 59.0 Å². The number of esters is 1. The Kier molecular flexibility index (Phi) is 3.94. The first kappa shape index (κ1) is 15.0. The molecule has 8 heteroatoms. The summed E-state index contributed by atoms with van der Waals surface area (Å²) in [7, 11) is 1.28. The summed E-state index contributed by atoms with van der Waals surface area (Å²) < 4.78 is 6.06. The monoisotopic (exact) mass is 330 g/mol. The van der Waals surface area contributed by atoms with Gasteiger partial charge in [0.15, 0.2) is 5.65 Å². The number of carbonyl (C=O) groups excluding carboxylic acids is 2. The molecule has 0 aliphatic heterocycles. The van der Waals surface area contributed by atoms with E-state index >= 15 is 0 Å². The average Bonchev–Trinajstić information content (AvgIpc) is 3.04. The Balaban J connectivity index is 1.94. The largest absolute Gasteiger partial charge is 0.465 e. The van der Waals surface area contributed by atoms with Gasteiger partial charge in [-0.2, -0.15) is 5.10 Å². The number of rotatable bonds is 3. The minimum absolute atomic E-state index is 0.283. The highest BCUT2D eigenvalue weighted by atomic mass is 35.5. The first-order valence-corrected chi connectivity index (χ1v) is 6.96. The van der Waals surface area contributed by atoms with Crippen LogP contribution in [0.3, 0.4) is 0 Å². The zero-order valence-electron chi connectivity index (χ0n) is 12.0. The number of carbonyl (C=O) groups is 2. The van der Waals surface area contributed by atoms with Crippen LogP contribution in [-0.4, -0.2) is 33.6 Å². The van der Waals surface area contributed by atoms with Crippen molar-refractivity contribution in [2.24, 2.45) is 0 Å². The van der Waals surface area contributed by atoms with Gasteiger partial charge >= 0.3 is 5.97 Å². The second-order valence-corrected chi connectivity index (χ2v) is 4.98. The molecule has 3 aromatic rings. The van der Waals surface area contributed by atoms with Crippen LogP contribution in [0.25, 0.3) is 5.65 Å². The number of benzene rings is 1. The van der Waals surface area contributed by atoms with Crippen LogP contribution in [0.1, 0.15) is 20.8 Å². The van der Waals surface area contributed by atoms with Crippen molar-refractivity contribution in [3.8, 4) is 0 Å². The maximum absolute atomic E-state index is 12.5. The Morgan fingerprint density at radius 1 is 1.22 bits per heavy atom. The number of halogens is 1. The van der Waals surface area contributed by atoms with E-state index in [1.54, 1.807) is 12.3 Å². The van der Waals surface area contributed by atoms with Crippen molar-refractivity contribution < 1.29 is 14.3 Å². The van der Waals surface area contributed by atoms with Crippen molar-refractivity contribution in [1.82, 2.24) is 14.6 Å². The van der Waals surface area contributed by atoms with E-state index < -0.39 is 11.9 Å². The predicted molar refractivity (Wildman–Crippen MR) is 83.7 cm³/mol. The molecule has 0 unspecified atom stereocenters. The van der Waals surface area contributed by atoms with Crippen molar-refractivity contribution >= 4 is 34.8 Å². The summed E-state index contributed by atoms with van der Waals surface area (Å²) in [5.41, 5.74) is 1.43. The summed E-state index contributed by atoms with van der Waals surface area (Å²) in [6.07, 6.45) is 3.06. The van der Waals surface area contributed by atoms with E-state index in [0.29, 0.717) is 22.1 Å². The van der Waals surface area contributed by atoms with E-state index in [-0.39, 0.29) is 5.56 Å². The van der Waals surface area contributed by atoms with Crippen LogP contribution in [0.2, 0.25) is 5.02 Å². The van der Waals surface area contributed by atoms with Crippen LogP contribution in [0.4, 0.5) is 5.69 Å². The highest BCUT2D eigenvalue weighted by Gasteiger charge is 2.15. The number of fused-ring (bicyclic) bond motifs is 1. The summed E-state index contributed by atoms with van der Waals surface area (Å²) >= 11 is 6.07. The van der Waals surface area contributed by atoms with Crippen molar-refractivity contribution in [2.75, 3.05) is 12.4 Å². The standard InChI is InChI=1S/C15H11ClN4O3/c1-23-15(22)9-2-3-10(16)11(8-9)19-14(21)12-4-6-17-13-5-7-18-20(12)13/h2-8H,1H3,(H,19,21). The third-order valence-corrected chi connectivity index (χ3v) is 3.49. The van der Waals surface area contributed by atoms with Gasteiger partial charge in [-0.25, -0.2) is 14.3 Å². The Hall–Kier alpha value is -2.93. The Labute approximate surface area is 135 Å². The highest BCUT2D eigenvalue weighted by Crippen LogP contribution is 2.24. The van der Waals surface area contributed by atoms with Crippen molar-refractivity contribution in [3.63, 3.8) is 0 Å². The predicted octanol–water partition coefficient (Wildman–Crippen LogP) is 2.42. The number of hydrogen-bond acceptors (Lipinski definition) is 5. The smallest absolute Gasteiger partial charge is 0.337 e. The van der Waals surface area contributed by atoms with Gasteiger partial charge in [0.2, 0.25) is 0 Å². The van der Waals surface area contributed by atoms with Crippen molar-refractivity contribution in [1.29, 1.82) is 0 Å². The normalized spacial score (nSPS) is 10.5. The third kappa shape index (κ3) is 2.86. The average molecular weight is 331 g/mol. The Morgan fingerprint density at radius 3 is 2.83 bits per heavy atom. The molecule has 2 heterocycles.